The van der Waals surface area contributed by atoms with Gasteiger partial charge in [0.05, 0.1) is 12.7 Å². The molecule has 0 aliphatic carbocycles. The number of halogens is 1. The topological polar surface area (TPSA) is 60.5 Å². The van der Waals surface area contributed by atoms with E-state index in [0.717, 1.165) is 0 Å². The second kappa shape index (κ2) is 7.81. The first-order valence-corrected chi connectivity index (χ1v) is 8.28. The first kappa shape index (κ1) is 17.0. The van der Waals surface area contributed by atoms with Crippen LogP contribution in [0.5, 0.6) is 17.2 Å². The fourth-order valence-corrected chi connectivity index (χ4v) is 2.61. The Bertz CT molecular complexity index is 885. The van der Waals surface area contributed by atoms with E-state index in [1.165, 1.54) is 0 Å². The molecule has 0 saturated heterocycles. The van der Waals surface area contributed by atoms with Crippen molar-refractivity contribution in [2.75, 3.05) is 12.4 Å². The molecule has 2 aromatic carbocycles. The molecule has 3 aromatic rings. The summed E-state index contributed by atoms with van der Waals surface area (Å²) in [6.07, 6.45) is 3.31. The third-order valence-corrected chi connectivity index (χ3v) is 4.09. The highest BCUT2D eigenvalue weighted by Gasteiger charge is 2.12. The fraction of sp³-hybridized carbons (Fsp3) is 0.0526. The van der Waals surface area contributed by atoms with Crippen LogP contribution >= 0.6 is 15.9 Å². The van der Waals surface area contributed by atoms with Crippen LogP contribution in [0, 0.1) is 0 Å². The molecular weight excluding hydrogens is 384 g/mol. The van der Waals surface area contributed by atoms with Gasteiger partial charge in [-0.2, -0.15) is 0 Å². The molecule has 0 radical (unpaired) electrons. The molecule has 1 N–H and O–H groups in total. The predicted octanol–water partition coefficient (Wildman–Crippen LogP) is 4.90. The lowest BCUT2D eigenvalue weighted by Gasteiger charge is -2.10. The molecule has 5 nitrogen and oxygen atoms in total. The number of carbonyl (C=O) groups is 1. The van der Waals surface area contributed by atoms with Crippen molar-refractivity contribution in [2.45, 2.75) is 0 Å². The van der Waals surface area contributed by atoms with Gasteiger partial charge in [0, 0.05) is 28.6 Å². The summed E-state index contributed by atoms with van der Waals surface area (Å²) in [5, 5.41) is 2.86. The molecule has 1 amide bonds. The Morgan fingerprint density at radius 2 is 1.80 bits per heavy atom. The Labute approximate surface area is 153 Å². The highest BCUT2D eigenvalue weighted by molar-refractivity contribution is 9.10. The molecule has 126 valence electrons. The molecule has 0 aliphatic rings. The Balaban J connectivity index is 1.77. The van der Waals surface area contributed by atoms with Crippen LogP contribution in [0.1, 0.15) is 10.4 Å². The summed E-state index contributed by atoms with van der Waals surface area (Å²) in [5.74, 6) is 1.66. The fourth-order valence-electron chi connectivity index (χ4n) is 2.18. The van der Waals surface area contributed by atoms with E-state index in [4.69, 9.17) is 9.47 Å². The molecule has 1 heterocycles. The van der Waals surface area contributed by atoms with E-state index in [2.05, 4.69) is 26.2 Å². The molecule has 0 atom stereocenters. The van der Waals surface area contributed by atoms with Crippen molar-refractivity contribution >= 4 is 27.5 Å². The van der Waals surface area contributed by atoms with Crippen molar-refractivity contribution in [3.63, 3.8) is 0 Å². The van der Waals surface area contributed by atoms with Gasteiger partial charge in [0.2, 0.25) is 0 Å². The Morgan fingerprint density at radius 3 is 2.56 bits per heavy atom. The van der Waals surface area contributed by atoms with E-state index >= 15 is 0 Å². The van der Waals surface area contributed by atoms with Crippen LogP contribution in [-0.2, 0) is 0 Å². The second-order valence-corrected chi connectivity index (χ2v) is 5.97. The number of amides is 1. The number of methoxy groups -OCH3 is 1. The summed E-state index contributed by atoms with van der Waals surface area (Å²) >= 11 is 3.39. The van der Waals surface area contributed by atoms with Gasteiger partial charge in [-0.1, -0.05) is 6.07 Å². The van der Waals surface area contributed by atoms with E-state index in [0.29, 0.717) is 33.0 Å². The average Bonchev–Trinajstić information content (AvgIpc) is 2.63. The van der Waals surface area contributed by atoms with Crippen molar-refractivity contribution < 1.29 is 14.3 Å². The minimum Gasteiger partial charge on any atom is -0.497 e. The van der Waals surface area contributed by atoms with Crippen LogP contribution in [0.15, 0.2) is 71.5 Å². The van der Waals surface area contributed by atoms with Crippen LogP contribution in [0.2, 0.25) is 0 Å². The van der Waals surface area contributed by atoms with Crippen molar-refractivity contribution in [3.05, 3.63) is 77.0 Å². The number of nitrogens with zero attached hydrogens (tertiary/aromatic N) is 1. The van der Waals surface area contributed by atoms with Crippen LogP contribution in [-0.4, -0.2) is 18.0 Å². The first-order chi connectivity index (χ1) is 12.2. The SMILES string of the molecule is COc1ccc(Br)c(C(=O)Nc2cccc(Oc3ccncc3)c2)c1. The number of nitrogens with one attached hydrogen (secondary N) is 1. The van der Waals surface area contributed by atoms with Crippen LogP contribution in [0.25, 0.3) is 0 Å². The molecular formula is C19H15BrN2O3. The number of benzene rings is 2. The van der Waals surface area contributed by atoms with E-state index in [-0.39, 0.29) is 5.91 Å². The summed E-state index contributed by atoms with van der Waals surface area (Å²) in [5.41, 5.74) is 1.12. The number of aromatic nitrogens is 1. The number of anilines is 1. The summed E-state index contributed by atoms with van der Waals surface area (Å²) in [7, 11) is 1.56. The Kier molecular flexibility index (Phi) is 5.30. The summed E-state index contributed by atoms with van der Waals surface area (Å²) < 4.78 is 11.6. The highest BCUT2D eigenvalue weighted by Crippen LogP contribution is 2.26. The predicted molar refractivity (Wildman–Crippen MR) is 99.4 cm³/mol. The number of rotatable bonds is 5. The molecule has 1 aromatic heterocycles. The maximum Gasteiger partial charge on any atom is 0.256 e. The van der Waals surface area contributed by atoms with Crippen LogP contribution in [0.4, 0.5) is 5.69 Å². The van der Waals surface area contributed by atoms with Gasteiger partial charge in [-0.25, -0.2) is 0 Å². The lowest BCUT2D eigenvalue weighted by atomic mass is 10.2. The molecule has 0 aliphatic heterocycles. The zero-order valence-electron chi connectivity index (χ0n) is 13.4. The zero-order valence-corrected chi connectivity index (χ0v) is 15.0. The van der Waals surface area contributed by atoms with Crippen LogP contribution in [0.3, 0.4) is 0 Å². The number of pyridine rings is 1. The molecule has 0 fully saturated rings. The van der Waals surface area contributed by atoms with Gasteiger partial charge in [0.15, 0.2) is 0 Å². The molecule has 0 spiro atoms. The standard InChI is InChI=1S/C19H15BrN2O3/c1-24-15-5-6-18(20)17(12-15)19(23)22-13-3-2-4-16(11-13)25-14-7-9-21-10-8-14/h2-12H,1H3,(H,22,23). The molecule has 0 saturated carbocycles. The average molecular weight is 399 g/mol. The second-order valence-electron chi connectivity index (χ2n) is 5.11. The summed E-state index contributed by atoms with van der Waals surface area (Å²) in [6.45, 7) is 0. The number of hydrogen-bond acceptors (Lipinski definition) is 4. The lowest BCUT2D eigenvalue weighted by molar-refractivity contribution is 0.102. The lowest BCUT2D eigenvalue weighted by Crippen LogP contribution is -2.12. The molecule has 3 rings (SSSR count). The smallest absolute Gasteiger partial charge is 0.256 e. The zero-order chi connectivity index (χ0) is 17.6. The van der Waals surface area contributed by atoms with Crippen molar-refractivity contribution in [1.29, 1.82) is 0 Å². The molecule has 25 heavy (non-hydrogen) atoms. The molecule has 0 bridgehead atoms. The van der Waals surface area contributed by atoms with Crippen molar-refractivity contribution in [1.82, 2.24) is 4.98 Å². The monoisotopic (exact) mass is 398 g/mol. The van der Waals surface area contributed by atoms with Gasteiger partial charge in [0.25, 0.3) is 5.91 Å². The minimum absolute atomic E-state index is 0.244. The van der Waals surface area contributed by atoms with Gasteiger partial charge < -0.3 is 14.8 Å². The molecule has 0 unspecified atom stereocenters. The first-order valence-electron chi connectivity index (χ1n) is 7.48. The highest BCUT2D eigenvalue weighted by atomic mass is 79.9. The van der Waals surface area contributed by atoms with Crippen molar-refractivity contribution in [3.8, 4) is 17.2 Å². The normalized spacial score (nSPS) is 10.2. The van der Waals surface area contributed by atoms with E-state index in [1.54, 1.807) is 62.0 Å². The quantitative estimate of drug-likeness (QED) is 0.663. The Morgan fingerprint density at radius 1 is 1.00 bits per heavy atom. The number of ether oxygens (including phenoxy) is 2. The largest absolute Gasteiger partial charge is 0.497 e. The third kappa shape index (κ3) is 4.36. The van der Waals surface area contributed by atoms with Crippen molar-refractivity contribution in [2.24, 2.45) is 0 Å². The summed E-state index contributed by atoms with van der Waals surface area (Å²) in [6, 6.07) is 15.9. The Hall–Kier alpha value is -2.86. The third-order valence-electron chi connectivity index (χ3n) is 3.40. The van der Waals surface area contributed by atoms with Crippen LogP contribution < -0.4 is 14.8 Å². The van der Waals surface area contributed by atoms with E-state index < -0.39 is 0 Å². The van der Waals surface area contributed by atoms with Gasteiger partial charge in [0.1, 0.15) is 17.2 Å². The van der Waals surface area contributed by atoms with Gasteiger partial charge >= 0.3 is 0 Å². The van der Waals surface area contributed by atoms with E-state index in [9.17, 15) is 4.79 Å². The van der Waals surface area contributed by atoms with Gasteiger partial charge in [-0.05, 0) is 58.4 Å². The summed E-state index contributed by atoms with van der Waals surface area (Å²) in [4.78, 5) is 16.5. The molecule has 6 heteroatoms. The maximum atomic E-state index is 12.5. The van der Waals surface area contributed by atoms with Gasteiger partial charge in [-0.3, -0.25) is 9.78 Å². The number of hydrogen-bond donors (Lipinski definition) is 1. The van der Waals surface area contributed by atoms with Gasteiger partial charge in [-0.15, -0.1) is 0 Å². The number of carbonyl (C=O) groups excluding carboxylic acids is 1. The maximum absolute atomic E-state index is 12.5. The van der Waals surface area contributed by atoms with E-state index in [1.807, 2.05) is 12.1 Å². The minimum atomic E-state index is -0.244.